The second-order valence-corrected chi connectivity index (χ2v) is 8.35. The summed E-state index contributed by atoms with van der Waals surface area (Å²) in [6, 6.07) is 21.9. The van der Waals surface area contributed by atoms with E-state index in [1.807, 2.05) is 48.5 Å². The molecule has 0 bridgehead atoms. The number of rotatable bonds is 8. The van der Waals surface area contributed by atoms with Gasteiger partial charge in [0.15, 0.2) is 0 Å². The van der Waals surface area contributed by atoms with Gasteiger partial charge in [-0.3, -0.25) is 9.69 Å². The molecule has 0 aliphatic carbocycles. The van der Waals surface area contributed by atoms with Gasteiger partial charge in [0.2, 0.25) is 5.91 Å². The molecule has 172 valence electrons. The summed E-state index contributed by atoms with van der Waals surface area (Å²) in [7, 11) is 0. The largest absolute Gasteiger partial charge is 0.491 e. The van der Waals surface area contributed by atoms with Gasteiger partial charge >= 0.3 is 0 Å². The Balaban J connectivity index is 1.30. The first kappa shape index (κ1) is 23.0. The maximum Gasteiger partial charge on any atom is 0.227 e. The van der Waals surface area contributed by atoms with Crippen LogP contribution in [-0.4, -0.2) is 42.2 Å². The fraction of sp³-hybridized carbons (Fsp3) is 0.296. The number of nitrogens with zero attached hydrogens (tertiary/aromatic N) is 1. The van der Waals surface area contributed by atoms with Crippen molar-refractivity contribution in [3.63, 3.8) is 0 Å². The van der Waals surface area contributed by atoms with Crippen LogP contribution in [0.25, 0.3) is 11.1 Å². The lowest BCUT2D eigenvalue weighted by Gasteiger charge is -2.31. The Hall–Kier alpha value is -3.22. The second kappa shape index (κ2) is 11.1. The maximum absolute atomic E-state index is 13.6. The lowest BCUT2D eigenvalue weighted by molar-refractivity contribution is -0.121. The van der Waals surface area contributed by atoms with E-state index in [2.05, 4.69) is 16.3 Å². The van der Waals surface area contributed by atoms with Gasteiger partial charge in [0, 0.05) is 18.2 Å². The van der Waals surface area contributed by atoms with Gasteiger partial charge < -0.3 is 15.2 Å². The lowest BCUT2D eigenvalue weighted by atomic mass is 9.95. The number of amides is 1. The number of aliphatic hydroxyl groups is 1. The maximum atomic E-state index is 13.6. The molecule has 1 heterocycles. The van der Waals surface area contributed by atoms with E-state index in [1.54, 1.807) is 6.07 Å². The number of carbonyl (C=O) groups is 1. The van der Waals surface area contributed by atoms with E-state index in [1.165, 1.54) is 12.1 Å². The molecule has 33 heavy (non-hydrogen) atoms. The molecule has 1 aliphatic rings. The van der Waals surface area contributed by atoms with E-state index in [0.29, 0.717) is 0 Å². The lowest BCUT2D eigenvalue weighted by Crippen LogP contribution is -2.37. The highest BCUT2D eigenvalue weighted by molar-refractivity contribution is 5.93. The highest BCUT2D eigenvalue weighted by Gasteiger charge is 2.25. The Morgan fingerprint density at radius 1 is 1.00 bits per heavy atom. The summed E-state index contributed by atoms with van der Waals surface area (Å²) >= 11 is 0. The van der Waals surface area contributed by atoms with Crippen molar-refractivity contribution < 1.29 is 19.0 Å². The quantitative estimate of drug-likeness (QED) is 0.524. The SMILES string of the molecule is O=C(Nc1cccc(-c2cccc(F)c2)c1)C1CCN(Cc2cccc(OCCO)c2)CC1. The predicted molar refractivity (Wildman–Crippen MR) is 127 cm³/mol. The summed E-state index contributed by atoms with van der Waals surface area (Å²) in [4.78, 5) is 15.2. The molecular weight excluding hydrogens is 419 g/mol. The molecule has 0 aromatic heterocycles. The van der Waals surface area contributed by atoms with Gasteiger partial charge in [-0.1, -0.05) is 36.4 Å². The van der Waals surface area contributed by atoms with Crippen molar-refractivity contribution in [2.45, 2.75) is 19.4 Å². The number of benzene rings is 3. The number of likely N-dealkylation sites (tertiary alicyclic amines) is 1. The van der Waals surface area contributed by atoms with Crippen LogP contribution in [0.1, 0.15) is 18.4 Å². The van der Waals surface area contributed by atoms with Gasteiger partial charge in [-0.15, -0.1) is 0 Å². The summed E-state index contributed by atoms with van der Waals surface area (Å²) in [5.74, 6) is 0.484. The van der Waals surface area contributed by atoms with Crippen molar-refractivity contribution in [2.75, 3.05) is 31.6 Å². The molecule has 1 saturated heterocycles. The number of nitrogens with one attached hydrogen (secondary N) is 1. The van der Waals surface area contributed by atoms with E-state index in [0.717, 1.165) is 60.6 Å². The van der Waals surface area contributed by atoms with Crippen molar-refractivity contribution in [2.24, 2.45) is 5.92 Å². The molecule has 3 aromatic carbocycles. The summed E-state index contributed by atoms with van der Waals surface area (Å²) in [6.07, 6.45) is 1.60. The highest BCUT2D eigenvalue weighted by Crippen LogP contribution is 2.25. The Bertz CT molecular complexity index is 1080. The second-order valence-electron chi connectivity index (χ2n) is 8.35. The van der Waals surface area contributed by atoms with E-state index in [4.69, 9.17) is 9.84 Å². The molecule has 3 aromatic rings. The fourth-order valence-corrected chi connectivity index (χ4v) is 4.20. The third-order valence-electron chi connectivity index (χ3n) is 5.91. The minimum atomic E-state index is -0.280. The zero-order chi connectivity index (χ0) is 23.0. The Morgan fingerprint density at radius 2 is 1.73 bits per heavy atom. The number of hydrogen-bond acceptors (Lipinski definition) is 4. The van der Waals surface area contributed by atoms with Crippen molar-refractivity contribution in [1.29, 1.82) is 0 Å². The Morgan fingerprint density at radius 3 is 2.48 bits per heavy atom. The molecule has 0 unspecified atom stereocenters. The summed E-state index contributed by atoms with van der Waals surface area (Å²) < 4.78 is 19.0. The zero-order valence-electron chi connectivity index (χ0n) is 18.5. The Kier molecular flexibility index (Phi) is 7.70. The molecule has 1 aliphatic heterocycles. The summed E-state index contributed by atoms with van der Waals surface area (Å²) in [5.41, 5.74) is 3.53. The first-order valence-electron chi connectivity index (χ1n) is 11.3. The van der Waals surface area contributed by atoms with E-state index >= 15 is 0 Å². The van der Waals surface area contributed by atoms with Crippen LogP contribution in [0.5, 0.6) is 5.75 Å². The van der Waals surface area contributed by atoms with Crippen molar-refractivity contribution in [3.8, 4) is 16.9 Å². The molecule has 6 heteroatoms. The number of carbonyl (C=O) groups excluding carboxylic acids is 1. The van der Waals surface area contributed by atoms with Crippen LogP contribution in [0.2, 0.25) is 0 Å². The van der Waals surface area contributed by atoms with Gasteiger partial charge in [-0.25, -0.2) is 4.39 Å². The first-order valence-corrected chi connectivity index (χ1v) is 11.3. The van der Waals surface area contributed by atoms with Crippen LogP contribution >= 0.6 is 0 Å². The van der Waals surface area contributed by atoms with E-state index < -0.39 is 0 Å². The molecule has 0 atom stereocenters. The number of ether oxygens (including phenoxy) is 1. The average molecular weight is 449 g/mol. The van der Waals surface area contributed by atoms with Gasteiger partial charge in [0.25, 0.3) is 0 Å². The highest BCUT2D eigenvalue weighted by atomic mass is 19.1. The molecule has 5 nitrogen and oxygen atoms in total. The number of hydrogen-bond donors (Lipinski definition) is 2. The Labute approximate surface area is 193 Å². The van der Waals surface area contributed by atoms with Crippen LogP contribution in [0.3, 0.4) is 0 Å². The van der Waals surface area contributed by atoms with Crippen molar-refractivity contribution >= 4 is 11.6 Å². The smallest absolute Gasteiger partial charge is 0.227 e. The van der Waals surface area contributed by atoms with Crippen molar-refractivity contribution in [3.05, 3.63) is 84.2 Å². The van der Waals surface area contributed by atoms with Crippen LogP contribution < -0.4 is 10.1 Å². The number of aliphatic hydroxyl groups excluding tert-OH is 1. The molecule has 2 N–H and O–H groups in total. The van der Waals surface area contributed by atoms with Crippen LogP contribution in [-0.2, 0) is 11.3 Å². The minimum Gasteiger partial charge on any atom is -0.491 e. The van der Waals surface area contributed by atoms with Crippen molar-refractivity contribution in [1.82, 2.24) is 4.90 Å². The van der Waals surface area contributed by atoms with E-state index in [-0.39, 0.29) is 30.9 Å². The summed E-state index contributed by atoms with van der Waals surface area (Å²) in [5, 5.41) is 12.0. The first-order chi connectivity index (χ1) is 16.1. The number of halogens is 1. The van der Waals surface area contributed by atoms with E-state index in [9.17, 15) is 9.18 Å². The minimum absolute atomic E-state index is 0.00505. The summed E-state index contributed by atoms with van der Waals surface area (Å²) in [6.45, 7) is 2.79. The molecule has 0 spiro atoms. The number of piperidine rings is 1. The zero-order valence-corrected chi connectivity index (χ0v) is 18.5. The number of anilines is 1. The van der Waals surface area contributed by atoms with Crippen LogP contribution in [0.4, 0.5) is 10.1 Å². The van der Waals surface area contributed by atoms with Gasteiger partial charge in [-0.2, -0.15) is 0 Å². The third-order valence-corrected chi connectivity index (χ3v) is 5.91. The molecule has 1 fully saturated rings. The van der Waals surface area contributed by atoms with Crippen LogP contribution in [0.15, 0.2) is 72.8 Å². The predicted octanol–water partition coefficient (Wildman–Crippen LogP) is 4.71. The van der Waals surface area contributed by atoms with Gasteiger partial charge in [0.05, 0.1) is 6.61 Å². The van der Waals surface area contributed by atoms with Gasteiger partial charge in [0.1, 0.15) is 18.2 Å². The standard InChI is InChI=1S/C27H29FN2O3/c28-24-7-2-5-22(17-24)23-6-3-8-25(18-23)29-27(32)21-10-12-30(13-11-21)19-20-4-1-9-26(16-20)33-15-14-31/h1-9,16-18,21,31H,10-15,19H2,(H,29,32). The fourth-order valence-electron chi connectivity index (χ4n) is 4.20. The average Bonchev–Trinajstić information content (AvgIpc) is 2.83. The molecule has 1 amide bonds. The normalized spacial score (nSPS) is 14.7. The molecule has 0 radical (unpaired) electrons. The molecule has 0 saturated carbocycles. The van der Waals surface area contributed by atoms with Gasteiger partial charge in [-0.05, 0) is 79.0 Å². The monoisotopic (exact) mass is 448 g/mol. The molecule has 4 rings (SSSR count). The topological polar surface area (TPSA) is 61.8 Å². The molecular formula is C27H29FN2O3. The third kappa shape index (κ3) is 6.40. The van der Waals surface area contributed by atoms with Crippen LogP contribution in [0, 0.1) is 11.7 Å².